The standard InChI is InChI=1S/C30H32F2N2O/c1-7-10-24-19(4)13-22(14-21(24)8-2)20(5)25-16-26(23(17-33)15-27(25)34-6)29-18(3)11-9-12-28(29)35-30(31)32/h9,11-16,30,34H,5,7-8,10H2,1-4,6H3. The minimum atomic E-state index is -2.97. The SMILES string of the molecule is C=C(c1cc(C)c(CCC)c(CC)c1)c1cc(-c2c(C)cccc2OC(F)F)c(C#N)cc1NC. The van der Waals surface area contributed by atoms with Crippen molar-refractivity contribution in [2.75, 3.05) is 12.4 Å². The van der Waals surface area contributed by atoms with Crippen molar-refractivity contribution in [1.29, 1.82) is 5.26 Å². The summed E-state index contributed by atoms with van der Waals surface area (Å²) in [5.74, 6) is 0.0401. The molecule has 0 fully saturated rings. The number of rotatable bonds is 9. The van der Waals surface area contributed by atoms with Crippen molar-refractivity contribution < 1.29 is 13.5 Å². The molecule has 0 aliphatic carbocycles. The van der Waals surface area contributed by atoms with Crippen LogP contribution in [0, 0.1) is 25.2 Å². The molecule has 0 aliphatic rings. The topological polar surface area (TPSA) is 45.0 Å². The molecule has 1 N–H and O–H groups in total. The van der Waals surface area contributed by atoms with Gasteiger partial charge in [0, 0.05) is 29.4 Å². The molecule has 3 nitrogen and oxygen atoms in total. The molecule has 0 atom stereocenters. The van der Waals surface area contributed by atoms with Gasteiger partial charge in [-0.2, -0.15) is 14.0 Å². The summed E-state index contributed by atoms with van der Waals surface area (Å²) in [5, 5.41) is 13.1. The van der Waals surface area contributed by atoms with Crippen LogP contribution in [-0.4, -0.2) is 13.7 Å². The first-order chi connectivity index (χ1) is 16.7. The van der Waals surface area contributed by atoms with E-state index in [1.807, 2.05) is 19.1 Å². The van der Waals surface area contributed by atoms with E-state index in [-0.39, 0.29) is 5.75 Å². The Hall–Kier alpha value is -3.65. The van der Waals surface area contributed by atoms with Gasteiger partial charge in [0.1, 0.15) is 5.75 Å². The van der Waals surface area contributed by atoms with Gasteiger partial charge >= 0.3 is 6.61 Å². The van der Waals surface area contributed by atoms with Crippen LogP contribution in [0.3, 0.4) is 0 Å². The molecule has 0 heterocycles. The molecule has 0 amide bonds. The molecule has 3 aromatic rings. The number of nitrogens with zero attached hydrogens (tertiary/aromatic N) is 1. The molecule has 0 aliphatic heterocycles. The van der Waals surface area contributed by atoms with Gasteiger partial charge in [0.05, 0.1) is 11.6 Å². The maximum absolute atomic E-state index is 13.2. The largest absolute Gasteiger partial charge is 0.434 e. The minimum absolute atomic E-state index is 0.0401. The maximum atomic E-state index is 13.2. The zero-order chi connectivity index (χ0) is 25.7. The van der Waals surface area contributed by atoms with Crippen molar-refractivity contribution in [3.8, 4) is 22.9 Å². The summed E-state index contributed by atoms with van der Waals surface area (Å²) in [4.78, 5) is 0. The number of halogens is 2. The molecular formula is C30H32F2N2O. The first kappa shape index (κ1) is 26.0. The Morgan fingerprint density at radius 2 is 1.86 bits per heavy atom. The molecule has 0 saturated heterocycles. The fraction of sp³-hybridized carbons (Fsp3) is 0.300. The van der Waals surface area contributed by atoms with Crippen molar-refractivity contribution >= 4 is 11.3 Å². The maximum Gasteiger partial charge on any atom is 0.387 e. The first-order valence-electron chi connectivity index (χ1n) is 11.9. The van der Waals surface area contributed by atoms with E-state index in [1.54, 1.807) is 19.2 Å². The first-order valence-corrected chi connectivity index (χ1v) is 11.9. The summed E-state index contributed by atoms with van der Waals surface area (Å²) >= 11 is 0. The van der Waals surface area contributed by atoms with E-state index in [1.165, 1.54) is 22.8 Å². The molecule has 0 saturated carbocycles. The fourth-order valence-corrected chi connectivity index (χ4v) is 4.68. The quantitative estimate of drug-likeness (QED) is 0.341. The predicted octanol–water partition coefficient (Wildman–Crippen LogP) is 8.06. The summed E-state index contributed by atoms with van der Waals surface area (Å²) in [5.41, 5.74) is 9.37. The number of hydrogen-bond acceptors (Lipinski definition) is 3. The lowest BCUT2D eigenvalue weighted by Gasteiger charge is -2.20. The van der Waals surface area contributed by atoms with Gasteiger partial charge in [-0.1, -0.05) is 51.1 Å². The average Bonchev–Trinajstić information content (AvgIpc) is 2.83. The molecule has 5 heteroatoms. The van der Waals surface area contributed by atoms with Crippen LogP contribution in [0.1, 0.15) is 59.2 Å². The second kappa shape index (κ2) is 11.2. The number of nitrogens with one attached hydrogen (secondary N) is 1. The van der Waals surface area contributed by atoms with Crippen LogP contribution in [-0.2, 0) is 12.8 Å². The lowest BCUT2D eigenvalue weighted by Crippen LogP contribution is -2.05. The second-order valence-corrected chi connectivity index (χ2v) is 8.64. The van der Waals surface area contributed by atoms with Crippen LogP contribution in [0.4, 0.5) is 14.5 Å². The molecule has 0 unspecified atom stereocenters. The minimum Gasteiger partial charge on any atom is -0.434 e. The van der Waals surface area contributed by atoms with Crippen LogP contribution in [0.5, 0.6) is 5.75 Å². The number of anilines is 1. The third-order valence-electron chi connectivity index (χ3n) is 6.39. The summed E-state index contributed by atoms with van der Waals surface area (Å²) in [6.45, 7) is 9.72. The molecule has 0 bridgehead atoms. The number of hydrogen-bond donors (Lipinski definition) is 1. The molecule has 182 valence electrons. The van der Waals surface area contributed by atoms with Crippen LogP contribution >= 0.6 is 0 Å². The average molecular weight is 475 g/mol. The van der Waals surface area contributed by atoms with Gasteiger partial charge in [-0.15, -0.1) is 0 Å². The third-order valence-corrected chi connectivity index (χ3v) is 6.39. The Morgan fingerprint density at radius 1 is 1.11 bits per heavy atom. The summed E-state index contributed by atoms with van der Waals surface area (Å²) in [7, 11) is 1.79. The van der Waals surface area contributed by atoms with Crippen LogP contribution in [0.15, 0.2) is 49.0 Å². The molecule has 0 spiro atoms. The number of alkyl halides is 2. The van der Waals surface area contributed by atoms with Crippen molar-refractivity contribution in [3.63, 3.8) is 0 Å². The summed E-state index contributed by atoms with van der Waals surface area (Å²) < 4.78 is 31.1. The van der Waals surface area contributed by atoms with Crippen molar-refractivity contribution in [2.45, 2.75) is 53.6 Å². The monoisotopic (exact) mass is 474 g/mol. The van der Waals surface area contributed by atoms with Gasteiger partial charge in [-0.3, -0.25) is 0 Å². The Morgan fingerprint density at radius 3 is 2.46 bits per heavy atom. The van der Waals surface area contributed by atoms with Gasteiger partial charge in [0.2, 0.25) is 0 Å². The fourth-order valence-electron chi connectivity index (χ4n) is 4.68. The van der Waals surface area contributed by atoms with Crippen molar-refractivity contribution in [2.24, 2.45) is 0 Å². The predicted molar refractivity (Wildman–Crippen MR) is 140 cm³/mol. The van der Waals surface area contributed by atoms with Crippen LogP contribution < -0.4 is 10.1 Å². The number of aryl methyl sites for hydroxylation is 3. The van der Waals surface area contributed by atoms with E-state index in [0.717, 1.165) is 47.2 Å². The summed E-state index contributed by atoms with van der Waals surface area (Å²) in [6.07, 6.45) is 3.04. The third kappa shape index (κ3) is 5.38. The Bertz CT molecular complexity index is 1290. The highest BCUT2D eigenvalue weighted by Crippen LogP contribution is 2.41. The van der Waals surface area contributed by atoms with E-state index >= 15 is 0 Å². The second-order valence-electron chi connectivity index (χ2n) is 8.64. The molecule has 0 aromatic heterocycles. The highest BCUT2D eigenvalue weighted by atomic mass is 19.3. The lowest BCUT2D eigenvalue weighted by molar-refractivity contribution is -0.0494. The van der Waals surface area contributed by atoms with Gasteiger partial charge in [-0.05, 0) is 78.3 Å². The Balaban J connectivity index is 2.25. The van der Waals surface area contributed by atoms with Crippen molar-refractivity contribution in [3.05, 3.63) is 88.0 Å². The van der Waals surface area contributed by atoms with E-state index in [9.17, 15) is 14.0 Å². The zero-order valence-electron chi connectivity index (χ0n) is 21.1. The van der Waals surface area contributed by atoms with Gasteiger partial charge in [0.15, 0.2) is 0 Å². The highest BCUT2D eigenvalue weighted by molar-refractivity contribution is 5.91. The summed E-state index contributed by atoms with van der Waals surface area (Å²) in [6, 6.07) is 15.1. The Labute approximate surface area is 207 Å². The van der Waals surface area contributed by atoms with E-state index < -0.39 is 6.61 Å². The van der Waals surface area contributed by atoms with E-state index in [0.29, 0.717) is 16.7 Å². The number of benzene rings is 3. The van der Waals surface area contributed by atoms with Gasteiger partial charge in [0.25, 0.3) is 0 Å². The molecule has 0 radical (unpaired) electrons. The molecule has 35 heavy (non-hydrogen) atoms. The van der Waals surface area contributed by atoms with E-state index in [2.05, 4.69) is 50.9 Å². The van der Waals surface area contributed by atoms with Gasteiger partial charge in [-0.25, -0.2) is 0 Å². The molecule has 3 rings (SSSR count). The number of nitriles is 1. The number of ether oxygens (including phenoxy) is 1. The Kier molecular flexibility index (Phi) is 8.30. The zero-order valence-corrected chi connectivity index (χ0v) is 21.1. The molecule has 3 aromatic carbocycles. The van der Waals surface area contributed by atoms with Crippen LogP contribution in [0.25, 0.3) is 16.7 Å². The molecular weight excluding hydrogens is 442 g/mol. The van der Waals surface area contributed by atoms with Crippen molar-refractivity contribution in [1.82, 2.24) is 0 Å². The highest BCUT2D eigenvalue weighted by Gasteiger charge is 2.20. The van der Waals surface area contributed by atoms with Crippen LogP contribution in [0.2, 0.25) is 0 Å². The lowest BCUT2D eigenvalue weighted by atomic mass is 9.87. The smallest absolute Gasteiger partial charge is 0.387 e. The van der Waals surface area contributed by atoms with Gasteiger partial charge < -0.3 is 10.1 Å². The normalized spacial score (nSPS) is 10.8. The van der Waals surface area contributed by atoms with E-state index in [4.69, 9.17) is 4.74 Å².